The fourth-order valence-electron chi connectivity index (χ4n) is 1.04. The van der Waals surface area contributed by atoms with Gasteiger partial charge in [-0.2, -0.15) is 0 Å². The first-order valence-electron chi connectivity index (χ1n) is 4.39. The molecule has 0 aliphatic rings. The molecule has 0 heterocycles. The van der Waals surface area contributed by atoms with Crippen molar-refractivity contribution in [3.63, 3.8) is 0 Å². The number of carbonyl (C=O) groups is 1. The van der Waals surface area contributed by atoms with Gasteiger partial charge in [0.05, 0.1) is 5.56 Å². The number of carbonyl (C=O) groups excluding carboxylic acids is 1. The lowest BCUT2D eigenvalue weighted by Crippen LogP contribution is -2.23. The Morgan fingerprint density at radius 1 is 1.29 bits per heavy atom. The van der Waals surface area contributed by atoms with Crippen LogP contribution in [-0.4, -0.2) is 11.6 Å². The lowest BCUT2D eigenvalue weighted by Gasteiger charge is -2.21. The minimum atomic E-state index is -1.19. The van der Waals surface area contributed by atoms with Gasteiger partial charge in [0.1, 0.15) is 11.4 Å². The average molecular weight is 193 g/mol. The SMILES string of the molecule is CC(C)(C)Oc1cccc(C([O])=O)c1. The summed E-state index contributed by atoms with van der Waals surface area (Å²) in [6, 6.07) is 6.29. The molecule has 1 aromatic carbocycles. The van der Waals surface area contributed by atoms with Crippen molar-refractivity contribution >= 4 is 5.97 Å². The Bertz CT molecular complexity index is 337. The monoisotopic (exact) mass is 193 g/mol. The van der Waals surface area contributed by atoms with E-state index in [0.29, 0.717) is 5.75 Å². The van der Waals surface area contributed by atoms with Crippen molar-refractivity contribution in [1.82, 2.24) is 0 Å². The van der Waals surface area contributed by atoms with Crippen LogP contribution in [0.2, 0.25) is 0 Å². The van der Waals surface area contributed by atoms with Crippen molar-refractivity contribution in [1.29, 1.82) is 0 Å². The van der Waals surface area contributed by atoms with Crippen molar-refractivity contribution in [2.75, 3.05) is 0 Å². The van der Waals surface area contributed by atoms with Crippen molar-refractivity contribution in [3.8, 4) is 5.75 Å². The van der Waals surface area contributed by atoms with Crippen LogP contribution in [0.15, 0.2) is 24.3 Å². The van der Waals surface area contributed by atoms with Gasteiger partial charge in [0, 0.05) is 0 Å². The zero-order valence-corrected chi connectivity index (χ0v) is 8.53. The molecule has 0 saturated carbocycles. The van der Waals surface area contributed by atoms with Gasteiger partial charge in [-0.05, 0) is 39.0 Å². The van der Waals surface area contributed by atoms with Gasteiger partial charge in [-0.25, -0.2) is 9.90 Å². The van der Waals surface area contributed by atoms with Gasteiger partial charge in [-0.15, -0.1) is 0 Å². The van der Waals surface area contributed by atoms with Crippen LogP contribution in [0, 0.1) is 0 Å². The molecule has 0 aliphatic heterocycles. The normalized spacial score (nSPS) is 11.1. The Morgan fingerprint density at radius 2 is 1.93 bits per heavy atom. The van der Waals surface area contributed by atoms with Crippen LogP contribution in [-0.2, 0) is 5.11 Å². The second-order valence-electron chi connectivity index (χ2n) is 4.03. The molecule has 1 aromatic rings. The van der Waals surface area contributed by atoms with Crippen molar-refractivity contribution in [2.24, 2.45) is 0 Å². The Morgan fingerprint density at radius 3 is 2.43 bits per heavy atom. The van der Waals surface area contributed by atoms with Crippen molar-refractivity contribution in [3.05, 3.63) is 29.8 Å². The maximum atomic E-state index is 10.6. The van der Waals surface area contributed by atoms with Gasteiger partial charge in [0.25, 0.3) is 0 Å². The zero-order chi connectivity index (χ0) is 10.8. The minimum Gasteiger partial charge on any atom is -0.488 e. The maximum Gasteiger partial charge on any atom is 0.386 e. The van der Waals surface area contributed by atoms with E-state index in [1.807, 2.05) is 20.8 Å². The third kappa shape index (κ3) is 3.09. The van der Waals surface area contributed by atoms with Crippen LogP contribution in [0.1, 0.15) is 31.1 Å². The molecule has 0 aromatic heterocycles. The number of benzene rings is 1. The van der Waals surface area contributed by atoms with Crippen molar-refractivity contribution in [2.45, 2.75) is 26.4 Å². The van der Waals surface area contributed by atoms with Gasteiger partial charge in [0.2, 0.25) is 0 Å². The molecule has 75 valence electrons. The molecule has 3 nitrogen and oxygen atoms in total. The van der Waals surface area contributed by atoms with Gasteiger partial charge >= 0.3 is 5.97 Å². The Balaban J connectivity index is 2.89. The smallest absolute Gasteiger partial charge is 0.386 e. The highest BCUT2D eigenvalue weighted by Gasteiger charge is 2.13. The summed E-state index contributed by atoms with van der Waals surface area (Å²) in [5.74, 6) is -0.649. The molecule has 0 fully saturated rings. The van der Waals surface area contributed by atoms with E-state index in [1.165, 1.54) is 12.1 Å². The van der Waals surface area contributed by atoms with E-state index in [-0.39, 0.29) is 11.2 Å². The van der Waals surface area contributed by atoms with Gasteiger partial charge in [-0.1, -0.05) is 6.07 Å². The Hall–Kier alpha value is -1.51. The average Bonchev–Trinajstić information content (AvgIpc) is 2.01. The summed E-state index contributed by atoms with van der Waals surface area (Å²) in [6.07, 6.45) is 0. The standard InChI is InChI=1S/C11H13O3/c1-11(2,3)14-9-6-4-5-8(7-9)10(12)13/h4-7H,1-3H3. The summed E-state index contributed by atoms with van der Waals surface area (Å²) in [4.78, 5) is 10.6. The fraction of sp³-hybridized carbons (Fsp3) is 0.364. The van der Waals surface area contributed by atoms with Gasteiger partial charge < -0.3 is 4.74 Å². The van der Waals surface area contributed by atoms with Gasteiger partial charge in [-0.3, -0.25) is 0 Å². The summed E-state index contributed by atoms with van der Waals surface area (Å²) in [6.45, 7) is 5.70. The van der Waals surface area contributed by atoms with Crippen LogP contribution >= 0.6 is 0 Å². The highest BCUT2D eigenvalue weighted by molar-refractivity contribution is 5.87. The highest BCUT2D eigenvalue weighted by Crippen LogP contribution is 2.19. The lowest BCUT2D eigenvalue weighted by molar-refractivity contribution is 0.0571. The van der Waals surface area contributed by atoms with Crippen LogP contribution < -0.4 is 4.74 Å². The summed E-state index contributed by atoms with van der Waals surface area (Å²) in [7, 11) is 0. The first kappa shape index (κ1) is 10.6. The van der Waals surface area contributed by atoms with Crippen LogP contribution in [0.25, 0.3) is 0 Å². The van der Waals surface area contributed by atoms with Crippen LogP contribution in [0.5, 0.6) is 5.75 Å². The number of rotatable bonds is 2. The molecule has 14 heavy (non-hydrogen) atoms. The molecule has 0 bridgehead atoms. The molecule has 0 atom stereocenters. The minimum absolute atomic E-state index is 0.131. The number of hydrogen-bond donors (Lipinski definition) is 0. The summed E-state index contributed by atoms with van der Waals surface area (Å²) < 4.78 is 5.50. The van der Waals surface area contributed by atoms with Crippen molar-refractivity contribution < 1.29 is 14.6 Å². The third-order valence-corrected chi connectivity index (χ3v) is 1.49. The molecule has 0 amide bonds. The quantitative estimate of drug-likeness (QED) is 0.724. The fourth-order valence-corrected chi connectivity index (χ4v) is 1.04. The largest absolute Gasteiger partial charge is 0.488 e. The molecule has 0 unspecified atom stereocenters. The van der Waals surface area contributed by atoms with E-state index in [2.05, 4.69) is 0 Å². The number of ether oxygens (including phenoxy) is 1. The molecule has 0 aliphatic carbocycles. The molecular formula is C11H13O3. The summed E-state index contributed by atoms with van der Waals surface area (Å²) in [5.41, 5.74) is -0.198. The highest BCUT2D eigenvalue weighted by atomic mass is 16.5. The predicted octanol–water partition coefficient (Wildman–Crippen LogP) is 2.43. The van der Waals surface area contributed by atoms with E-state index in [4.69, 9.17) is 4.74 Å². The second kappa shape index (κ2) is 3.70. The predicted molar refractivity (Wildman–Crippen MR) is 51.8 cm³/mol. The van der Waals surface area contributed by atoms with E-state index < -0.39 is 5.97 Å². The van der Waals surface area contributed by atoms with E-state index in [1.54, 1.807) is 12.1 Å². The molecule has 1 radical (unpaired) electrons. The van der Waals surface area contributed by atoms with E-state index >= 15 is 0 Å². The molecule has 0 spiro atoms. The third-order valence-electron chi connectivity index (χ3n) is 1.49. The maximum absolute atomic E-state index is 10.6. The summed E-state index contributed by atoms with van der Waals surface area (Å²) >= 11 is 0. The van der Waals surface area contributed by atoms with Gasteiger partial charge in [0.15, 0.2) is 0 Å². The number of hydrogen-bond acceptors (Lipinski definition) is 2. The zero-order valence-electron chi connectivity index (χ0n) is 8.53. The van der Waals surface area contributed by atoms with E-state index in [9.17, 15) is 9.90 Å². The Kier molecular flexibility index (Phi) is 2.79. The van der Waals surface area contributed by atoms with Crippen LogP contribution in [0.4, 0.5) is 0 Å². The lowest BCUT2D eigenvalue weighted by atomic mass is 10.1. The Labute approximate surface area is 83.3 Å². The van der Waals surface area contributed by atoms with E-state index in [0.717, 1.165) is 0 Å². The molecule has 1 rings (SSSR count). The first-order chi connectivity index (χ1) is 6.38. The molecule has 0 N–H and O–H groups in total. The second-order valence-corrected chi connectivity index (χ2v) is 4.03. The van der Waals surface area contributed by atoms with Crippen LogP contribution in [0.3, 0.4) is 0 Å². The first-order valence-corrected chi connectivity index (χ1v) is 4.39. The molecule has 3 heteroatoms. The molecule has 0 saturated heterocycles. The molecular weight excluding hydrogens is 180 g/mol. The summed E-state index contributed by atoms with van der Waals surface area (Å²) in [5, 5.41) is 10.6. The topological polar surface area (TPSA) is 46.2 Å².